The molecule has 2 aromatic carbocycles. The molecule has 0 bridgehead atoms. The van der Waals surface area contributed by atoms with E-state index in [2.05, 4.69) is 0 Å². The number of amides is 2. The van der Waals surface area contributed by atoms with Gasteiger partial charge >= 0.3 is 5.97 Å². The van der Waals surface area contributed by atoms with Gasteiger partial charge in [-0.25, -0.2) is 4.79 Å². The molecule has 116 valence electrons. The van der Waals surface area contributed by atoms with Crippen molar-refractivity contribution in [2.24, 2.45) is 0 Å². The van der Waals surface area contributed by atoms with Gasteiger partial charge in [-0.05, 0) is 38.1 Å². The van der Waals surface area contributed by atoms with Crippen LogP contribution in [0.15, 0.2) is 48.5 Å². The Kier molecular flexibility index (Phi) is 3.70. The highest BCUT2D eigenvalue weighted by molar-refractivity contribution is 6.22. The molecule has 3 rings (SSSR count). The second-order valence-electron chi connectivity index (χ2n) is 5.44. The minimum Gasteiger partial charge on any atom is -0.425 e. The van der Waals surface area contributed by atoms with Gasteiger partial charge in [0.1, 0.15) is 11.8 Å². The number of imide groups is 1. The predicted molar refractivity (Wildman–Crippen MR) is 83.2 cm³/mol. The molecule has 0 N–H and O–H groups in total. The Labute approximate surface area is 133 Å². The van der Waals surface area contributed by atoms with Gasteiger partial charge in [0.15, 0.2) is 0 Å². The molecule has 0 fully saturated rings. The maximum absolute atomic E-state index is 12.3. The second kappa shape index (κ2) is 5.68. The highest BCUT2D eigenvalue weighted by atomic mass is 16.5. The minimum atomic E-state index is -0.997. The van der Waals surface area contributed by atoms with Crippen LogP contribution in [0.1, 0.15) is 33.2 Å². The van der Waals surface area contributed by atoms with Crippen LogP contribution in [-0.2, 0) is 4.79 Å². The lowest BCUT2D eigenvalue weighted by Gasteiger charge is -2.20. The summed E-state index contributed by atoms with van der Waals surface area (Å²) in [6.45, 7) is 3.41. The average molecular weight is 309 g/mol. The Morgan fingerprint density at radius 3 is 2.00 bits per heavy atom. The quantitative estimate of drug-likeness (QED) is 0.496. The molecule has 0 saturated carbocycles. The van der Waals surface area contributed by atoms with Crippen LogP contribution in [-0.4, -0.2) is 28.7 Å². The zero-order chi connectivity index (χ0) is 16.6. The fraction of sp³-hybridized carbons (Fsp3) is 0.167. The Bertz CT molecular complexity index is 760. The van der Waals surface area contributed by atoms with Crippen LogP contribution < -0.4 is 4.74 Å². The zero-order valence-electron chi connectivity index (χ0n) is 12.8. The lowest BCUT2D eigenvalue weighted by atomic mass is 10.1. The maximum atomic E-state index is 12.3. The number of hydrogen-bond acceptors (Lipinski definition) is 4. The van der Waals surface area contributed by atoms with Crippen LogP contribution >= 0.6 is 0 Å². The summed E-state index contributed by atoms with van der Waals surface area (Å²) in [5.41, 5.74) is 1.66. The van der Waals surface area contributed by atoms with Crippen molar-refractivity contribution in [2.75, 3.05) is 0 Å². The molecule has 5 heteroatoms. The topological polar surface area (TPSA) is 63.7 Å². The Morgan fingerprint density at radius 1 is 0.957 bits per heavy atom. The first-order valence-corrected chi connectivity index (χ1v) is 7.24. The molecular weight excluding hydrogens is 294 g/mol. The molecule has 1 aliphatic rings. The van der Waals surface area contributed by atoms with Crippen LogP contribution in [0.4, 0.5) is 0 Å². The standard InChI is InChI=1S/C18H15NO4/c1-11-7-9-13(10-8-11)23-18(22)12(2)19-16(20)14-5-3-4-6-15(14)17(19)21/h3-10,12H,1-2H3/t12-/m1/s1. The summed E-state index contributed by atoms with van der Waals surface area (Å²) in [5, 5.41) is 0. The number of benzene rings is 2. The molecular formula is C18H15NO4. The molecule has 1 aliphatic heterocycles. The van der Waals surface area contributed by atoms with Crippen molar-refractivity contribution in [3.05, 3.63) is 65.2 Å². The molecule has 0 aromatic heterocycles. The molecule has 5 nitrogen and oxygen atoms in total. The van der Waals surface area contributed by atoms with Crippen molar-refractivity contribution in [3.63, 3.8) is 0 Å². The molecule has 1 heterocycles. The molecule has 0 aliphatic carbocycles. The van der Waals surface area contributed by atoms with Crippen molar-refractivity contribution in [3.8, 4) is 5.75 Å². The van der Waals surface area contributed by atoms with E-state index in [1.165, 1.54) is 6.92 Å². The lowest BCUT2D eigenvalue weighted by Crippen LogP contribution is -2.44. The SMILES string of the molecule is Cc1ccc(OC(=O)[C@@H](C)N2C(=O)c3ccccc3C2=O)cc1. The number of carbonyl (C=O) groups excluding carboxylic acids is 3. The highest BCUT2D eigenvalue weighted by Gasteiger charge is 2.41. The van der Waals surface area contributed by atoms with Gasteiger partial charge in [0.25, 0.3) is 11.8 Å². The summed E-state index contributed by atoms with van der Waals surface area (Å²) in [6, 6.07) is 12.5. The van der Waals surface area contributed by atoms with Gasteiger partial charge < -0.3 is 4.74 Å². The van der Waals surface area contributed by atoms with Gasteiger partial charge in [0.2, 0.25) is 0 Å². The van der Waals surface area contributed by atoms with Crippen molar-refractivity contribution >= 4 is 17.8 Å². The third-order valence-corrected chi connectivity index (χ3v) is 3.79. The van der Waals surface area contributed by atoms with E-state index in [1.54, 1.807) is 36.4 Å². The first kappa shape index (κ1) is 15.0. The van der Waals surface area contributed by atoms with Crippen molar-refractivity contribution in [1.29, 1.82) is 0 Å². The van der Waals surface area contributed by atoms with Gasteiger partial charge in [-0.2, -0.15) is 0 Å². The van der Waals surface area contributed by atoms with E-state index >= 15 is 0 Å². The van der Waals surface area contributed by atoms with E-state index in [-0.39, 0.29) is 0 Å². The number of rotatable bonds is 3. The van der Waals surface area contributed by atoms with Gasteiger partial charge in [-0.1, -0.05) is 29.8 Å². The summed E-state index contributed by atoms with van der Waals surface area (Å²) < 4.78 is 5.25. The number of ether oxygens (including phenoxy) is 1. The van der Waals surface area contributed by atoms with E-state index in [4.69, 9.17) is 4.74 Å². The Morgan fingerprint density at radius 2 is 1.48 bits per heavy atom. The molecule has 2 aromatic rings. The smallest absolute Gasteiger partial charge is 0.334 e. The van der Waals surface area contributed by atoms with Crippen LogP contribution in [0, 0.1) is 6.92 Å². The fourth-order valence-electron chi connectivity index (χ4n) is 2.47. The molecule has 0 spiro atoms. The molecule has 23 heavy (non-hydrogen) atoms. The molecule has 1 atom stereocenters. The summed E-state index contributed by atoms with van der Waals surface area (Å²) in [4.78, 5) is 37.9. The average Bonchev–Trinajstić information content (AvgIpc) is 2.81. The Balaban J connectivity index is 1.79. The summed E-state index contributed by atoms with van der Waals surface area (Å²) >= 11 is 0. The van der Waals surface area contributed by atoms with Crippen LogP contribution in [0.3, 0.4) is 0 Å². The predicted octanol–water partition coefficient (Wildman–Crippen LogP) is 2.59. The van der Waals surface area contributed by atoms with E-state index in [0.717, 1.165) is 10.5 Å². The van der Waals surface area contributed by atoms with Crippen molar-refractivity contribution < 1.29 is 19.1 Å². The van der Waals surface area contributed by atoms with Crippen LogP contribution in [0.25, 0.3) is 0 Å². The Hall–Kier alpha value is -2.95. The highest BCUT2D eigenvalue weighted by Crippen LogP contribution is 2.25. The summed E-state index contributed by atoms with van der Waals surface area (Å²) in [7, 11) is 0. The fourth-order valence-corrected chi connectivity index (χ4v) is 2.47. The van der Waals surface area contributed by atoms with Crippen molar-refractivity contribution in [1.82, 2.24) is 4.90 Å². The summed E-state index contributed by atoms with van der Waals surface area (Å²) in [5.74, 6) is -1.22. The number of aryl methyl sites for hydroxylation is 1. The number of esters is 1. The molecule has 0 unspecified atom stereocenters. The van der Waals surface area contributed by atoms with Gasteiger partial charge in [-0.15, -0.1) is 0 Å². The van der Waals surface area contributed by atoms with Crippen LogP contribution in [0.5, 0.6) is 5.75 Å². The number of hydrogen-bond donors (Lipinski definition) is 0. The zero-order valence-corrected chi connectivity index (χ0v) is 12.8. The van der Waals surface area contributed by atoms with Gasteiger partial charge in [0.05, 0.1) is 11.1 Å². The monoisotopic (exact) mass is 309 g/mol. The third kappa shape index (κ3) is 2.61. The van der Waals surface area contributed by atoms with Gasteiger partial charge in [-0.3, -0.25) is 14.5 Å². The first-order valence-electron chi connectivity index (χ1n) is 7.24. The number of nitrogens with zero attached hydrogens (tertiary/aromatic N) is 1. The normalized spacial score (nSPS) is 14.6. The first-order chi connectivity index (χ1) is 11.0. The second-order valence-corrected chi connectivity index (χ2v) is 5.44. The molecule has 2 amide bonds. The van der Waals surface area contributed by atoms with E-state index in [9.17, 15) is 14.4 Å². The van der Waals surface area contributed by atoms with Gasteiger partial charge in [0, 0.05) is 0 Å². The minimum absolute atomic E-state index is 0.312. The summed E-state index contributed by atoms with van der Waals surface area (Å²) in [6.07, 6.45) is 0. The number of carbonyl (C=O) groups is 3. The van der Waals surface area contributed by atoms with E-state index in [0.29, 0.717) is 16.9 Å². The molecule has 0 radical (unpaired) electrons. The van der Waals surface area contributed by atoms with E-state index in [1.807, 2.05) is 19.1 Å². The van der Waals surface area contributed by atoms with E-state index < -0.39 is 23.8 Å². The van der Waals surface area contributed by atoms with Crippen LogP contribution in [0.2, 0.25) is 0 Å². The van der Waals surface area contributed by atoms with Crippen molar-refractivity contribution in [2.45, 2.75) is 19.9 Å². The molecule has 0 saturated heterocycles. The largest absolute Gasteiger partial charge is 0.425 e. The maximum Gasteiger partial charge on any atom is 0.334 e. The lowest BCUT2D eigenvalue weighted by molar-refractivity contribution is -0.138. The third-order valence-electron chi connectivity index (χ3n) is 3.79. The number of fused-ring (bicyclic) bond motifs is 1.